The van der Waals surface area contributed by atoms with Gasteiger partial charge in [0.2, 0.25) is 0 Å². The number of aryl methyl sites for hydroxylation is 3. The van der Waals surface area contributed by atoms with Crippen molar-refractivity contribution in [2.75, 3.05) is 0 Å². The van der Waals surface area contributed by atoms with Crippen molar-refractivity contribution in [3.05, 3.63) is 58.8 Å². The first-order valence-electron chi connectivity index (χ1n) is 10.0. The smallest absolute Gasteiger partial charge is 0.158 e. The molecule has 0 saturated heterocycles. The quantitative estimate of drug-likeness (QED) is 0.379. The van der Waals surface area contributed by atoms with Gasteiger partial charge in [-0.15, -0.1) is 11.3 Å². The minimum Gasteiger partial charge on any atom is -0.241 e. The Kier molecular flexibility index (Phi) is 5.21. The molecule has 150 valence electrons. The highest BCUT2D eigenvalue weighted by Crippen LogP contribution is 2.38. The molecule has 0 atom stereocenters. The lowest BCUT2D eigenvalue weighted by Gasteiger charge is -2.14. The van der Waals surface area contributed by atoms with Crippen LogP contribution in [0.2, 0.25) is 0 Å². The van der Waals surface area contributed by atoms with Crippen molar-refractivity contribution < 1.29 is 4.39 Å². The highest BCUT2D eigenvalue weighted by molar-refractivity contribution is 7.18. The van der Waals surface area contributed by atoms with Crippen molar-refractivity contribution in [3.63, 3.8) is 0 Å². The van der Waals surface area contributed by atoms with Crippen LogP contribution in [0.15, 0.2) is 30.3 Å². The normalized spacial score (nSPS) is 11.7. The molecule has 6 heteroatoms. The van der Waals surface area contributed by atoms with Gasteiger partial charge < -0.3 is 0 Å². The number of rotatable bonds is 5. The minimum atomic E-state index is -0.255. The van der Waals surface area contributed by atoms with Crippen LogP contribution in [0.1, 0.15) is 55.3 Å². The second-order valence-electron chi connectivity index (χ2n) is 7.48. The molecular formula is C23H25FN4S. The number of hydrogen-bond acceptors (Lipinski definition) is 4. The zero-order valence-corrected chi connectivity index (χ0v) is 18.3. The van der Waals surface area contributed by atoms with Crippen LogP contribution in [0.4, 0.5) is 4.39 Å². The zero-order valence-electron chi connectivity index (χ0n) is 17.5. The van der Waals surface area contributed by atoms with Gasteiger partial charge in [0.25, 0.3) is 0 Å². The van der Waals surface area contributed by atoms with Crippen molar-refractivity contribution in [1.29, 1.82) is 0 Å². The molecule has 0 unspecified atom stereocenters. The average molecular weight is 409 g/mol. The van der Waals surface area contributed by atoms with Gasteiger partial charge in [-0.2, -0.15) is 5.10 Å². The maximum Gasteiger partial charge on any atom is 0.158 e. The van der Waals surface area contributed by atoms with Gasteiger partial charge in [0.05, 0.1) is 22.0 Å². The average Bonchev–Trinajstić information content (AvgIpc) is 3.21. The van der Waals surface area contributed by atoms with Crippen molar-refractivity contribution >= 4 is 17.0 Å². The van der Waals surface area contributed by atoms with Gasteiger partial charge in [0.1, 0.15) is 16.5 Å². The number of hydrogen-bond donors (Lipinski definition) is 0. The summed E-state index contributed by atoms with van der Waals surface area (Å²) in [4.78, 5) is 10.7. The van der Waals surface area contributed by atoms with E-state index in [9.17, 15) is 4.39 Å². The van der Waals surface area contributed by atoms with E-state index in [0.29, 0.717) is 5.92 Å². The second-order valence-corrected chi connectivity index (χ2v) is 8.48. The molecule has 0 aliphatic carbocycles. The Bertz CT molecular complexity index is 1190. The molecule has 0 aliphatic rings. The van der Waals surface area contributed by atoms with Crippen LogP contribution in [-0.4, -0.2) is 19.6 Å². The van der Waals surface area contributed by atoms with Crippen LogP contribution in [0.3, 0.4) is 0 Å². The summed E-state index contributed by atoms with van der Waals surface area (Å²) in [6.45, 7) is 10.5. The third kappa shape index (κ3) is 3.46. The van der Waals surface area contributed by atoms with E-state index >= 15 is 0 Å². The fourth-order valence-corrected chi connectivity index (χ4v) is 5.07. The van der Waals surface area contributed by atoms with E-state index in [1.54, 1.807) is 17.4 Å². The highest BCUT2D eigenvalue weighted by Gasteiger charge is 2.22. The monoisotopic (exact) mass is 408 g/mol. The third-order valence-electron chi connectivity index (χ3n) is 5.42. The Hall–Kier alpha value is -2.60. The standard InChI is InChI=1S/C23H25FN4S/c1-6-16(7-2)19-11-13(3)27-28-20(14(4)25-22(19)28)21-15(5)26-23(29-21)17-9-8-10-18(24)12-17/h8-12,16H,6-7H2,1-5H3. The van der Waals surface area contributed by atoms with E-state index in [0.717, 1.165) is 56.7 Å². The lowest BCUT2D eigenvalue weighted by atomic mass is 9.95. The molecule has 0 fully saturated rings. The van der Waals surface area contributed by atoms with Crippen molar-refractivity contribution in [2.24, 2.45) is 0 Å². The summed E-state index contributed by atoms with van der Waals surface area (Å²) in [5.41, 5.74) is 6.78. The highest BCUT2D eigenvalue weighted by atomic mass is 32.1. The molecule has 4 rings (SSSR count). The van der Waals surface area contributed by atoms with Crippen molar-refractivity contribution in [3.8, 4) is 21.1 Å². The van der Waals surface area contributed by atoms with Gasteiger partial charge >= 0.3 is 0 Å². The van der Waals surface area contributed by atoms with Crippen LogP contribution in [0, 0.1) is 26.6 Å². The molecule has 29 heavy (non-hydrogen) atoms. The molecule has 4 aromatic rings. The van der Waals surface area contributed by atoms with Crippen molar-refractivity contribution in [2.45, 2.75) is 53.4 Å². The first-order valence-corrected chi connectivity index (χ1v) is 10.8. The fraction of sp³-hybridized carbons (Fsp3) is 0.348. The Morgan fingerprint density at radius 1 is 1.03 bits per heavy atom. The summed E-state index contributed by atoms with van der Waals surface area (Å²) >= 11 is 1.56. The van der Waals surface area contributed by atoms with E-state index < -0.39 is 0 Å². The number of halogens is 1. The molecule has 0 saturated carbocycles. The number of aromatic nitrogens is 4. The predicted octanol–water partition coefficient (Wildman–Crippen LogP) is 6.49. The molecule has 1 aromatic carbocycles. The number of benzene rings is 1. The Balaban J connectivity index is 1.92. The zero-order chi connectivity index (χ0) is 20.7. The van der Waals surface area contributed by atoms with Crippen molar-refractivity contribution in [1.82, 2.24) is 19.6 Å². The molecule has 0 amide bonds. The molecule has 3 aromatic heterocycles. The third-order valence-corrected chi connectivity index (χ3v) is 6.63. The molecule has 0 bridgehead atoms. The van der Waals surface area contributed by atoms with Gasteiger partial charge in [-0.1, -0.05) is 26.0 Å². The van der Waals surface area contributed by atoms with E-state index in [1.807, 2.05) is 31.4 Å². The van der Waals surface area contributed by atoms with Crippen LogP contribution in [0.5, 0.6) is 0 Å². The summed E-state index contributed by atoms with van der Waals surface area (Å²) < 4.78 is 15.7. The fourth-order valence-electron chi connectivity index (χ4n) is 3.93. The number of thiazole rings is 1. The molecule has 0 spiro atoms. The Morgan fingerprint density at radius 2 is 1.79 bits per heavy atom. The molecule has 0 radical (unpaired) electrons. The molecule has 0 N–H and O–H groups in total. The second kappa shape index (κ2) is 7.67. The number of imidazole rings is 1. The SMILES string of the molecule is CCC(CC)c1cc(C)nn2c(-c3sc(-c4cccc(F)c4)nc3C)c(C)nc12. The molecular weight excluding hydrogens is 383 g/mol. The summed E-state index contributed by atoms with van der Waals surface area (Å²) in [5, 5.41) is 5.60. The van der Waals surface area contributed by atoms with Crippen LogP contribution < -0.4 is 0 Å². The van der Waals surface area contributed by atoms with E-state index in [2.05, 4.69) is 19.9 Å². The Labute approximate surface area is 174 Å². The van der Waals surface area contributed by atoms with Gasteiger partial charge in [-0.05, 0) is 57.7 Å². The van der Waals surface area contributed by atoms with Gasteiger partial charge in [0, 0.05) is 11.1 Å². The summed E-state index contributed by atoms with van der Waals surface area (Å²) in [6, 6.07) is 8.75. The van der Waals surface area contributed by atoms with Gasteiger partial charge in [-0.3, -0.25) is 0 Å². The lowest BCUT2D eigenvalue weighted by molar-refractivity contribution is 0.628. The van der Waals surface area contributed by atoms with Gasteiger partial charge in [-0.25, -0.2) is 18.9 Å². The molecule has 3 heterocycles. The van der Waals surface area contributed by atoms with E-state index in [1.165, 1.54) is 17.7 Å². The van der Waals surface area contributed by atoms with Crippen LogP contribution in [0.25, 0.3) is 26.8 Å². The first kappa shape index (κ1) is 19.7. The predicted molar refractivity (Wildman–Crippen MR) is 117 cm³/mol. The maximum atomic E-state index is 13.7. The van der Waals surface area contributed by atoms with Crippen LogP contribution in [-0.2, 0) is 0 Å². The summed E-state index contributed by atoms with van der Waals surface area (Å²) in [6.07, 6.45) is 2.14. The lowest BCUT2D eigenvalue weighted by Crippen LogP contribution is -2.05. The minimum absolute atomic E-state index is 0.255. The molecule has 4 nitrogen and oxygen atoms in total. The maximum absolute atomic E-state index is 13.7. The number of fused-ring (bicyclic) bond motifs is 1. The van der Waals surface area contributed by atoms with Gasteiger partial charge in [0.15, 0.2) is 5.65 Å². The largest absolute Gasteiger partial charge is 0.241 e. The Morgan fingerprint density at radius 3 is 2.48 bits per heavy atom. The van der Waals surface area contributed by atoms with E-state index in [4.69, 9.17) is 15.1 Å². The van der Waals surface area contributed by atoms with Crippen LogP contribution >= 0.6 is 11.3 Å². The topological polar surface area (TPSA) is 43.1 Å². The summed E-state index contributed by atoms with van der Waals surface area (Å²) in [5.74, 6) is 0.203. The number of nitrogens with zero attached hydrogens (tertiary/aromatic N) is 4. The summed E-state index contributed by atoms with van der Waals surface area (Å²) in [7, 11) is 0. The first-order chi connectivity index (χ1) is 13.9. The molecule has 0 aliphatic heterocycles. The van der Waals surface area contributed by atoms with E-state index in [-0.39, 0.29) is 5.82 Å².